The van der Waals surface area contributed by atoms with E-state index < -0.39 is 0 Å². The quantitative estimate of drug-likeness (QED) is 0.849. The lowest BCUT2D eigenvalue weighted by atomic mass is 10.2. The van der Waals surface area contributed by atoms with Crippen molar-refractivity contribution >= 4 is 11.6 Å². The summed E-state index contributed by atoms with van der Waals surface area (Å²) in [7, 11) is 0. The van der Waals surface area contributed by atoms with Gasteiger partial charge in [-0.3, -0.25) is 4.79 Å². The average molecular weight is 280 g/mol. The van der Waals surface area contributed by atoms with Crippen molar-refractivity contribution in [3.8, 4) is 11.8 Å². The van der Waals surface area contributed by atoms with Crippen LogP contribution in [0.5, 0.6) is 0 Å². The van der Waals surface area contributed by atoms with Crippen LogP contribution in [0.4, 0.5) is 5.69 Å². The zero-order valence-corrected chi connectivity index (χ0v) is 11.8. The number of amides is 1. The average Bonchev–Trinajstić information content (AvgIpc) is 2.48. The Balaban J connectivity index is 2.05. The minimum atomic E-state index is -0.254. The maximum Gasteiger partial charge on any atom is 0.274 e. The second-order valence-electron chi connectivity index (χ2n) is 4.53. The third kappa shape index (κ3) is 4.44. The van der Waals surface area contributed by atoms with Crippen LogP contribution in [0.2, 0.25) is 0 Å². The molecule has 1 aromatic carbocycles. The predicted molar refractivity (Wildman–Crippen MR) is 82.0 cm³/mol. The SMILES string of the molecule is Cc1cccc(NC(=O)c2ccc(C#CCCO)cn2)c1. The van der Waals surface area contributed by atoms with E-state index >= 15 is 0 Å². The molecule has 2 aromatic rings. The van der Waals surface area contributed by atoms with Gasteiger partial charge in [0.15, 0.2) is 0 Å². The van der Waals surface area contributed by atoms with Crippen molar-refractivity contribution in [1.29, 1.82) is 0 Å². The number of carbonyl (C=O) groups is 1. The van der Waals surface area contributed by atoms with Crippen LogP contribution in [0.3, 0.4) is 0 Å². The van der Waals surface area contributed by atoms with Gasteiger partial charge in [0.25, 0.3) is 5.91 Å². The van der Waals surface area contributed by atoms with E-state index in [1.165, 1.54) is 0 Å². The summed E-state index contributed by atoms with van der Waals surface area (Å²) in [6.07, 6.45) is 1.98. The van der Waals surface area contributed by atoms with Crippen molar-refractivity contribution in [3.63, 3.8) is 0 Å². The van der Waals surface area contributed by atoms with Crippen LogP contribution in [0.1, 0.15) is 28.0 Å². The van der Waals surface area contributed by atoms with E-state index in [4.69, 9.17) is 5.11 Å². The molecule has 0 unspecified atom stereocenters. The summed E-state index contributed by atoms with van der Waals surface area (Å²) in [6.45, 7) is 2.01. The standard InChI is InChI=1S/C17H16N2O2/c1-13-5-4-7-15(11-13)19-17(21)16-9-8-14(12-18-16)6-2-3-10-20/h4-5,7-9,11-12,20H,3,10H2,1H3,(H,19,21). The van der Waals surface area contributed by atoms with Crippen LogP contribution >= 0.6 is 0 Å². The van der Waals surface area contributed by atoms with E-state index in [9.17, 15) is 4.79 Å². The van der Waals surface area contributed by atoms with Crippen molar-refractivity contribution in [2.75, 3.05) is 11.9 Å². The van der Waals surface area contributed by atoms with Crippen molar-refractivity contribution < 1.29 is 9.90 Å². The Labute approximate surface area is 123 Å². The van der Waals surface area contributed by atoms with E-state index in [2.05, 4.69) is 22.1 Å². The highest BCUT2D eigenvalue weighted by atomic mass is 16.2. The van der Waals surface area contributed by atoms with Crippen LogP contribution in [-0.4, -0.2) is 22.6 Å². The van der Waals surface area contributed by atoms with Crippen molar-refractivity contribution in [2.45, 2.75) is 13.3 Å². The van der Waals surface area contributed by atoms with Gasteiger partial charge in [0.05, 0.1) is 6.61 Å². The van der Waals surface area contributed by atoms with E-state index in [0.717, 1.165) is 16.8 Å². The fraction of sp³-hybridized carbons (Fsp3) is 0.176. The topological polar surface area (TPSA) is 62.2 Å². The number of aliphatic hydroxyl groups is 1. The first kappa shape index (κ1) is 14.8. The monoisotopic (exact) mass is 280 g/mol. The summed E-state index contributed by atoms with van der Waals surface area (Å²) < 4.78 is 0. The fourth-order valence-corrected chi connectivity index (χ4v) is 1.74. The highest BCUT2D eigenvalue weighted by molar-refractivity contribution is 6.02. The smallest absolute Gasteiger partial charge is 0.274 e. The van der Waals surface area contributed by atoms with Crippen molar-refractivity contribution in [2.24, 2.45) is 0 Å². The predicted octanol–water partition coefficient (Wildman–Crippen LogP) is 2.38. The van der Waals surface area contributed by atoms with Crippen LogP contribution in [0.15, 0.2) is 42.6 Å². The Morgan fingerprint density at radius 1 is 1.33 bits per heavy atom. The fourth-order valence-electron chi connectivity index (χ4n) is 1.74. The van der Waals surface area contributed by atoms with Crippen LogP contribution < -0.4 is 5.32 Å². The molecule has 4 nitrogen and oxygen atoms in total. The van der Waals surface area contributed by atoms with Crippen LogP contribution in [0, 0.1) is 18.8 Å². The molecule has 1 aromatic heterocycles. The van der Waals surface area contributed by atoms with Crippen molar-refractivity contribution in [3.05, 3.63) is 59.4 Å². The molecule has 0 bridgehead atoms. The molecule has 0 saturated heterocycles. The Hall–Kier alpha value is -2.64. The van der Waals surface area contributed by atoms with E-state index in [1.807, 2.05) is 31.2 Å². The maximum absolute atomic E-state index is 12.1. The van der Waals surface area contributed by atoms with Crippen LogP contribution in [0.25, 0.3) is 0 Å². The molecule has 106 valence electrons. The Kier molecular flexibility index (Phi) is 5.08. The number of rotatable bonds is 3. The number of nitrogens with one attached hydrogen (secondary N) is 1. The molecule has 0 saturated carbocycles. The largest absolute Gasteiger partial charge is 0.395 e. The first-order valence-electron chi connectivity index (χ1n) is 6.63. The minimum Gasteiger partial charge on any atom is -0.395 e. The zero-order valence-electron chi connectivity index (χ0n) is 11.8. The molecule has 21 heavy (non-hydrogen) atoms. The summed E-state index contributed by atoms with van der Waals surface area (Å²) in [5, 5.41) is 11.5. The van der Waals surface area contributed by atoms with E-state index in [1.54, 1.807) is 18.3 Å². The molecule has 0 fully saturated rings. The second-order valence-corrected chi connectivity index (χ2v) is 4.53. The highest BCUT2D eigenvalue weighted by Gasteiger charge is 2.07. The summed E-state index contributed by atoms with van der Waals surface area (Å²) in [5.74, 6) is 5.42. The molecule has 0 aliphatic heterocycles. The van der Waals surface area contributed by atoms with Gasteiger partial charge in [0, 0.05) is 23.9 Å². The number of pyridine rings is 1. The number of nitrogens with zero attached hydrogens (tertiary/aromatic N) is 1. The number of aryl methyl sites for hydroxylation is 1. The lowest BCUT2D eigenvalue weighted by molar-refractivity contribution is 0.102. The molecular weight excluding hydrogens is 264 g/mol. The Morgan fingerprint density at radius 2 is 2.19 bits per heavy atom. The third-order valence-electron chi connectivity index (χ3n) is 2.74. The molecule has 0 spiro atoms. The molecule has 0 aliphatic carbocycles. The van der Waals surface area contributed by atoms with Gasteiger partial charge in [-0.05, 0) is 36.8 Å². The first-order valence-corrected chi connectivity index (χ1v) is 6.63. The van der Waals surface area contributed by atoms with Gasteiger partial charge in [-0.2, -0.15) is 0 Å². The summed E-state index contributed by atoms with van der Waals surface area (Å²) in [4.78, 5) is 16.2. The Morgan fingerprint density at radius 3 is 2.86 bits per heavy atom. The molecule has 0 aliphatic rings. The second kappa shape index (κ2) is 7.22. The van der Waals surface area contributed by atoms with Crippen LogP contribution in [-0.2, 0) is 0 Å². The van der Waals surface area contributed by atoms with Gasteiger partial charge in [0.2, 0.25) is 0 Å². The maximum atomic E-state index is 12.1. The highest BCUT2D eigenvalue weighted by Crippen LogP contribution is 2.11. The van der Waals surface area contributed by atoms with E-state index in [0.29, 0.717) is 12.1 Å². The number of anilines is 1. The lowest BCUT2D eigenvalue weighted by Crippen LogP contribution is -2.13. The normalized spacial score (nSPS) is 9.62. The number of carbonyl (C=O) groups excluding carboxylic acids is 1. The molecule has 1 heterocycles. The minimum absolute atomic E-state index is 0.0391. The van der Waals surface area contributed by atoms with Gasteiger partial charge < -0.3 is 10.4 Å². The summed E-state index contributed by atoms with van der Waals surface area (Å²) >= 11 is 0. The van der Waals surface area contributed by atoms with Gasteiger partial charge in [-0.15, -0.1) is 0 Å². The van der Waals surface area contributed by atoms with E-state index in [-0.39, 0.29) is 12.5 Å². The first-order chi connectivity index (χ1) is 10.2. The molecule has 2 rings (SSSR count). The molecule has 0 atom stereocenters. The van der Waals surface area contributed by atoms with Gasteiger partial charge in [-0.1, -0.05) is 24.0 Å². The number of hydrogen-bond donors (Lipinski definition) is 2. The third-order valence-corrected chi connectivity index (χ3v) is 2.74. The van der Waals surface area contributed by atoms with Gasteiger partial charge in [-0.25, -0.2) is 4.98 Å². The molecule has 4 heteroatoms. The Bertz CT molecular complexity index is 682. The summed E-state index contributed by atoms with van der Waals surface area (Å²) in [5.41, 5.74) is 2.88. The van der Waals surface area contributed by atoms with Gasteiger partial charge in [0.1, 0.15) is 5.69 Å². The van der Waals surface area contributed by atoms with Gasteiger partial charge >= 0.3 is 0 Å². The number of aliphatic hydroxyl groups excluding tert-OH is 1. The number of aromatic nitrogens is 1. The molecule has 1 amide bonds. The lowest BCUT2D eigenvalue weighted by Gasteiger charge is -2.05. The zero-order chi connectivity index (χ0) is 15.1. The number of hydrogen-bond acceptors (Lipinski definition) is 3. The molecular formula is C17H16N2O2. The summed E-state index contributed by atoms with van der Waals surface area (Å²) in [6, 6.07) is 11.0. The van der Waals surface area contributed by atoms with Crippen molar-refractivity contribution in [1.82, 2.24) is 4.98 Å². The number of benzene rings is 1. The molecule has 0 radical (unpaired) electrons. The molecule has 2 N–H and O–H groups in total.